The van der Waals surface area contributed by atoms with Crippen LogP contribution in [-0.2, 0) is 11.2 Å². The van der Waals surface area contributed by atoms with Crippen LogP contribution in [0, 0.1) is 6.92 Å². The molecule has 4 nitrogen and oxygen atoms in total. The first-order valence-electron chi connectivity index (χ1n) is 7.10. The van der Waals surface area contributed by atoms with Gasteiger partial charge in [-0.25, -0.2) is 0 Å². The quantitative estimate of drug-likeness (QED) is 0.787. The Balaban J connectivity index is 1.51. The highest BCUT2D eigenvalue weighted by molar-refractivity contribution is 7.13. The summed E-state index contributed by atoms with van der Waals surface area (Å²) in [5.41, 5.74) is 3.05. The largest absolute Gasteiger partial charge is 0.480 e. The molecule has 0 saturated heterocycles. The molecule has 5 heteroatoms. The Labute approximate surface area is 131 Å². The van der Waals surface area contributed by atoms with Crippen molar-refractivity contribution in [2.75, 3.05) is 5.32 Å². The van der Waals surface area contributed by atoms with Gasteiger partial charge in [0.15, 0.2) is 6.10 Å². The van der Waals surface area contributed by atoms with Gasteiger partial charge in [-0.2, -0.15) is 4.37 Å². The number of anilines is 1. The van der Waals surface area contributed by atoms with Crippen molar-refractivity contribution in [2.45, 2.75) is 19.4 Å². The van der Waals surface area contributed by atoms with Crippen molar-refractivity contribution in [3.8, 4) is 5.75 Å². The second-order valence-electron chi connectivity index (χ2n) is 5.49. The molecule has 0 saturated carbocycles. The lowest BCUT2D eigenvalue weighted by Gasteiger charge is -2.11. The SMILES string of the molecule is Cc1ccc2c(c1)C[C@H](C(=O)Nc1ccc3sncc3c1)O2. The van der Waals surface area contributed by atoms with E-state index >= 15 is 0 Å². The topological polar surface area (TPSA) is 51.2 Å². The third-order valence-electron chi connectivity index (χ3n) is 3.80. The second kappa shape index (κ2) is 5.10. The predicted octanol–water partition coefficient (Wildman–Crippen LogP) is 3.55. The van der Waals surface area contributed by atoms with Crippen LogP contribution < -0.4 is 10.1 Å². The van der Waals surface area contributed by atoms with Crippen LogP contribution in [-0.4, -0.2) is 16.4 Å². The monoisotopic (exact) mass is 310 g/mol. The number of nitrogens with zero attached hydrogens (tertiary/aromatic N) is 1. The zero-order valence-corrected chi connectivity index (χ0v) is 12.8. The lowest BCUT2D eigenvalue weighted by atomic mass is 10.1. The average molecular weight is 310 g/mol. The van der Waals surface area contributed by atoms with E-state index in [2.05, 4.69) is 15.8 Å². The normalized spacial score (nSPS) is 16.3. The Morgan fingerprint density at radius 3 is 3.14 bits per heavy atom. The Bertz CT molecular complexity index is 872. The molecule has 0 bridgehead atoms. The molecule has 22 heavy (non-hydrogen) atoms. The summed E-state index contributed by atoms with van der Waals surface area (Å²) in [6.45, 7) is 2.04. The molecule has 1 aromatic heterocycles. The van der Waals surface area contributed by atoms with Crippen molar-refractivity contribution in [3.63, 3.8) is 0 Å². The average Bonchev–Trinajstić information content (AvgIpc) is 3.12. The van der Waals surface area contributed by atoms with E-state index in [1.165, 1.54) is 17.1 Å². The van der Waals surface area contributed by atoms with Gasteiger partial charge in [0.2, 0.25) is 0 Å². The van der Waals surface area contributed by atoms with E-state index in [0.717, 1.165) is 27.1 Å². The summed E-state index contributed by atoms with van der Waals surface area (Å²) in [5, 5.41) is 3.96. The Morgan fingerprint density at radius 1 is 1.32 bits per heavy atom. The van der Waals surface area contributed by atoms with Crippen molar-refractivity contribution >= 4 is 33.2 Å². The summed E-state index contributed by atoms with van der Waals surface area (Å²) in [6, 6.07) is 11.8. The van der Waals surface area contributed by atoms with Crippen LogP contribution in [0.15, 0.2) is 42.6 Å². The molecule has 1 atom stereocenters. The summed E-state index contributed by atoms with van der Waals surface area (Å²) in [4.78, 5) is 12.4. The standard InChI is InChI=1S/C17H14N2O2S/c1-10-2-4-14-11(6-10)8-15(21-14)17(20)19-13-3-5-16-12(7-13)9-18-22-16/h2-7,9,15H,8H2,1H3,(H,19,20)/t15-/m1/s1. The lowest BCUT2D eigenvalue weighted by molar-refractivity contribution is -0.122. The first-order valence-corrected chi connectivity index (χ1v) is 7.88. The molecule has 3 aromatic rings. The second-order valence-corrected chi connectivity index (χ2v) is 6.32. The molecule has 0 spiro atoms. The van der Waals surface area contributed by atoms with Gasteiger partial charge in [-0.15, -0.1) is 0 Å². The van der Waals surface area contributed by atoms with Crippen LogP contribution in [0.2, 0.25) is 0 Å². The molecule has 0 radical (unpaired) electrons. The van der Waals surface area contributed by atoms with Gasteiger partial charge in [0.25, 0.3) is 5.91 Å². The first kappa shape index (κ1) is 13.3. The molecule has 2 heterocycles. The van der Waals surface area contributed by atoms with Crippen LogP contribution in [0.5, 0.6) is 5.75 Å². The Morgan fingerprint density at radius 2 is 2.23 bits per heavy atom. The number of hydrogen-bond donors (Lipinski definition) is 1. The molecule has 1 aliphatic heterocycles. The van der Waals surface area contributed by atoms with Gasteiger partial charge in [-0.1, -0.05) is 17.7 Å². The van der Waals surface area contributed by atoms with Crippen molar-refractivity contribution in [2.24, 2.45) is 0 Å². The highest BCUT2D eigenvalue weighted by Crippen LogP contribution is 2.30. The van der Waals surface area contributed by atoms with Gasteiger partial charge in [0, 0.05) is 23.7 Å². The van der Waals surface area contributed by atoms with Gasteiger partial charge < -0.3 is 10.1 Å². The van der Waals surface area contributed by atoms with Crippen molar-refractivity contribution in [1.82, 2.24) is 4.37 Å². The van der Waals surface area contributed by atoms with E-state index < -0.39 is 6.10 Å². The molecule has 1 aliphatic rings. The van der Waals surface area contributed by atoms with Gasteiger partial charge in [-0.3, -0.25) is 4.79 Å². The molecular formula is C17H14N2O2S. The maximum Gasteiger partial charge on any atom is 0.265 e. The minimum atomic E-state index is -0.465. The van der Waals surface area contributed by atoms with Crippen LogP contribution in [0.3, 0.4) is 0 Å². The minimum Gasteiger partial charge on any atom is -0.480 e. The first-order chi connectivity index (χ1) is 10.7. The van der Waals surface area contributed by atoms with Crippen molar-refractivity contribution in [1.29, 1.82) is 0 Å². The maximum absolute atomic E-state index is 12.4. The number of carbonyl (C=O) groups is 1. The van der Waals surface area contributed by atoms with Gasteiger partial charge in [-0.05, 0) is 48.3 Å². The highest BCUT2D eigenvalue weighted by Gasteiger charge is 2.29. The smallest absolute Gasteiger partial charge is 0.265 e. The molecule has 1 amide bonds. The molecule has 0 aliphatic carbocycles. The number of carbonyl (C=O) groups excluding carboxylic acids is 1. The molecule has 1 N–H and O–H groups in total. The van der Waals surface area contributed by atoms with E-state index in [1.54, 1.807) is 6.20 Å². The van der Waals surface area contributed by atoms with Crippen LogP contribution in [0.1, 0.15) is 11.1 Å². The van der Waals surface area contributed by atoms with Crippen molar-refractivity contribution in [3.05, 3.63) is 53.7 Å². The fourth-order valence-corrected chi connectivity index (χ4v) is 3.32. The van der Waals surface area contributed by atoms with Gasteiger partial charge >= 0.3 is 0 Å². The van der Waals surface area contributed by atoms with Crippen molar-refractivity contribution < 1.29 is 9.53 Å². The van der Waals surface area contributed by atoms with Crippen LogP contribution >= 0.6 is 11.5 Å². The van der Waals surface area contributed by atoms with E-state index in [1.807, 2.05) is 37.3 Å². The molecule has 4 rings (SSSR count). The summed E-state index contributed by atoms with van der Waals surface area (Å²) < 4.78 is 11.0. The number of hydrogen-bond acceptors (Lipinski definition) is 4. The molecular weight excluding hydrogens is 296 g/mol. The van der Waals surface area contributed by atoms with Crippen LogP contribution in [0.25, 0.3) is 10.1 Å². The Kier molecular flexibility index (Phi) is 3.08. The number of ether oxygens (including phenoxy) is 1. The van der Waals surface area contributed by atoms with Gasteiger partial charge in [0.05, 0.1) is 4.70 Å². The maximum atomic E-state index is 12.4. The molecule has 0 unspecified atom stereocenters. The van der Waals surface area contributed by atoms with Gasteiger partial charge in [0.1, 0.15) is 5.75 Å². The highest BCUT2D eigenvalue weighted by atomic mass is 32.1. The third kappa shape index (κ3) is 2.33. The number of nitrogens with one attached hydrogen (secondary N) is 1. The predicted molar refractivity (Wildman–Crippen MR) is 87.5 cm³/mol. The van der Waals surface area contributed by atoms with E-state index in [4.69, 9.17) is 4.74 Å². The summed E-state index contributed by atoms with van der Waals surface area (Å²) in [7, 11) is 0. The number of benzene rings is 2. The lowest BCUT2D eigenvalue weighted by Crippen LogP contribution is -2.31. The number of rotatable bonds is 2. The number of fused-ring (bicyclic) bond motifs is 2. The number of aryl methyl sites for hydroxylation is 1. The summed E-state index contributed by atoms with van der Waals surface area (Å²) >= 11 is 1.45. The molecule has 2 aromatic carbocycles. The van der Waals surface area contributed by atoms with E-state index in [0.29, 0.717) is 6.42 Å². The fourth-order valence-electron chi connectivity index (χ4n) is 2.70. The minimum absolute atomic E-state index is 0.114. The zero-order chi connectivity index (χ0) is 15.1. The van der Waals surface area contributed by atoms with E-state index in [-0.39, 0.29) is 5.91 Å². The third-order valence-corrected chi connectivity index (χ3v) is 4.58. The van der Waals surface area contributed by atoms with E-state index in [9.17, 15) is 4.79 Å². The number of aromatic nitrogens is 1. The molecule has 0 fully saturated rings. The number of amides is 1. The molecule has 110 valence electrons. The Hall–Kier alpha value is -2.40. The van der Waals surface area contributed by atoms with Crippen LogP contribution in [0.4, 0.5) is 5.69 Å². The summed E-state index contributed by atoms with van der Waals surface area (Å²) in [5.74, 6) is 0.694. The summed E-state index contributed by atoms with van der Waals surface area (Å²) in [6.07, 6.45) is 1.96. The fraction of sp³-hybridized carbons (Fsp3) is 0.176. The zero-order valence-electron chi connectivity index (χ0n) is 12.0.